The molecule has 0 amide bonds. The standard InChI is InChI=1S/C33H35FN2O6/c1-18-23-16-32(2)19(15-26(23)36(35-18)21-9-7-20(34)8-10-21)6-11-22-24-12-13-25(33(24,3)17-27(37)29(22)32)30(38)41-42-31(39)28-5-4-14-40-28/h4-5,7-10,14-15,22,24-25,27,29,37H,6,11-13,16-17H2,1-3H3/t22-,24-,25-,27-,29+,32-,33-/m0/s1. The van der Waals surface area contributed by atoms with Crippen molar-refractivity contribution in [3.8, 4) is 5.69 Å². The maximum Gasteiger partial charge on any atom is 0.421 e. The molecule has 0 spiro atoms. The lowest BCUT2D eigenvalue weighted by Gasteiger charge is -2.59. The summed E-state index contributed by atoms with van der Waals surface area (Å²) in [7, 11) is 0. The Hall–Kier alpha value is -3.72. The fourth-order valence-corrected chi connectivity index (χ4v) is 9.16. The highest BCUT2D eigenvalue weighted by atomic mass is 19.1. The van der Waals surface area contributed by atoms with Crippen molar-refractivity contribution < 1.29 is 33.3 Å². The molecule has 1 aromatic carbocycles. The molecule has 2 heterocycles. The summed E-state index contributed by atoms with van der Waals surface area (Å²) >= 11 is 0. The maximum atomic E-state index is 13.6. The molecular formula is C33H35FN2O6. The van der Waals surface area contributed by atoms with Gasteiger partial charge in [0.05, 0.1) is 35.4 Å². The van der Waals surface area contributed by atoms with E-state index in [2.05, 4.69) is 19.9 Å². The van der Waals surface area contributed by atoms with E-state index in [4.69, 9.17) is 19.3 Å². The highest BCUT2D eigenvalue weighted by Crippen LogP contribution is 2.66. The molecule has 4 aliphatic rings. The number of aliphatic hydroxyl groups excluding tert-OH is 1. The maximum absolute atomic E-state index is 13.6. The SMILES string of the molecule is Cc1nn(-c2ccc(F)cc2)c2c1C[C@@]1(C)C(=C2)CC[C@@H]2[C@@H]1[C@@H](O)C[C@]1(C)[C@H](C(=O)OOC(=O)c3ccco3)CC[C@@H]21. The molecule has 3 saturated carbocycles. The molecule has 3 aromatic rings. The number of nitrogens with zero attached hydrogens (tertiary/aromatic N) is 2. The lowest BCUT2D eigenvalue weighted by atomic mass is 9.46. The topological polar surface area (TPSA) is 104 Å². The van der Waals surface area contributed by atoms with E-state index in [9.17, 15) is 19.1 Å². The van der Waals surface area contributed by atoms with Crippen molar-refractivity contribution in [2.45, 2.75) is 65.4 Å². The Morgan fingerprint density at radius 1 is 1.12 bits per heavy atom. The van der Waals surface area contributed by atoms with Gasteiger partial charge in [-0.25, -0.2) is 28.4 Å². The first-order valence-electron chi connectivity index (χ1n) is 14.8. The number of furan rings is 1. The zero-order chi connectivity index (χ0) is 29.4. The Balaban J connectivity index is 1.14. The van der Waals surface area contributed by atoms with Crippen molar-refractivity contribution in [2.24, 2.45) is 34.5 Å². The lowest BCUT2D eigenvalue weighted by Crippen LogP contribution is -2.57. The Kier molecular flexibility index (Phi) is 6.24. The Morgan fingerprint density at radius 2 is 1.90 bits per heavy atom. The molecule has 3 fully saturated rings. The molecule has 220 valence electrons. The van der Waals surface area contributed by atoms with Gasteiger partial charge >= 0.3 is 11.9 Å². The van der Waals surface area contributed by atoms with Crippen molar-refractivity contribution in [3.63, 3.8) is 0 Å². The summed E-state index contributed by atoms with van der Waals surface area (Å²) in [5, 5.41) is 16.7. The van der Waals surface area contributed by atoms with Crippen LogP contribution in [0.15, 0.2) is 52.7 Å². The Labute approximate surface area is 243 Å². The molecule has 0 saturated heterocycles. The van der Waals surface area contributed by atoms with Crippen LogP contribution in [0.4, 0.5) is 4.39 Å². The van der Waals surface area contributed by atoms with E-state index < -0.39 is 29.4 Å². The minimum Gasteiger partial charge on any atom is -0.457 e. The second-order valence-corrected chi connectivity index (χ2v) is 13.1. The summed E-state index contributed by atoms with van der Waals surface area (Å²) in [4.78, 5) is 35.2. The van der Waals surface area contributed by atoms with Gasteiger partial charge < -0.3 is 9.52 Å². The average molecular weight is 575 g/mol. The number of aryl methyl sites for hydroxylation is 1. The number of carbonyl (C=O) groups excluding carboxylic acids is 2. The number of benzene rings is 1. The first-order valence-corrected chi connectivity index (χ1v) is 14.8. The van der Waals surface area contributed by atoms with Crippen molar-refractivity contribution in [2.75, 3.05) is 0 Å². The van der Waals surface area contributed by atoms with Crippen LogP contribution in [-0.4, -0.2) is 32.9 Å². The van der Waals surface area contributed by atoms with Gasteiger partial charge in [-0.2, -0.15) is 5.10 Å². The first kappa shape index (κ1) is 27.1. The van der Waals surface area contributed by atoms with Gasteiger partial charge in [-0.15, -0.1) is 0 Å². The molecule has 0 radical (unpaired) electrons. The predicted octanol–water partition coefficient (Wildman–Crippen LogP) is 6.00. The quantitative estimate of drug-likeness (QED) is 0.302. The van der Waals surface area contributed by atoms with Gasteiger partial charge in [0, 0.05) is 5.56 Å². The van der Waals surface area contributed by atoms with Crippen LogP contribution in [0.5, 0.6) is 0 Å². The number of hydrogen-bond acceptors (Lipinski definition) is 7. The number of carbonyl (C=O) groups is 2. The predicted molar refractivity (Wildman–Crippen MR) is 149 cm³/mol. The van der Waals surface area contributed by atoms with Crippen molar-refractivity contribution in [3.05, 3.63) is 76.8 Å². The van der Waals surface area contributed by atoms with E-state index in [1.54, 1.807) is 18.2 Å². The Bertz CT molecular complexity index is 1580. The van der Waals surface area contributed by atoms with Gasteiger partial charge in [0.25, 0.3) is 0 Å². The molecule has 0 unspecified atom stereocenters. The van der Waals surface area contributed by atoms with E-state index in [1.807, 2.05) is 11.6 Å². The van der Waals surface area contributed by atoms with Gasteiger partial charge in [0.1, 0.15) is 5.82 Å². The van der Waals surface area contributed by atoms with E-state index in [0.717, 1.165) is 48.3 Å². The van der Waals surface area contributed by atoms with Crippen molar-refractivity contribution in [1.29, 1.82) is 0 Å². The third kappa shape index (κ3) is 4.00. The fraction of sp³-hybridized carbons (Fsp3) is 0.485. The van der Waals surface area contributed by atoms with Gasteiger partial charge in [-0.3, -0.25) is 0 Å². The molecule has 9 heteroatoms. The van der Waals surface area contributed by atoms with Crippen LogP contribution in [0.1, 0.15) is 73.5 Å². The van der Waals surface area contributed by atoms with Crippen LogP contribution in [-0.2, 0) is 21.0 Å². The molecule has 0 bridgehead atoms. The number of allylic oxidation sites excluding steroid dienone is 1. The minimum atomic E-state index is -0.856. The summed E-state index contributed by atoms with van der Waals surface area (Å²) in [6.45, 7) is 6.39. The van der Waals surface area contributed by atoms with E-state index >= 15 is 0 Å². The van der Waals surface area contributed by atoms with Crippen LogP contribution in [0.2, 0.25) is 0 Å². The molecule has 0 aliphatic heterocycles. The number of halogens is 1. The summed E-state index contributed by atoms with van der Waals surface area (Å²) < 4.78 is 20.5. The molecule has 4 aliphatic carbocycles. The third-order valence-electron chi connectivity index (χ3n) is 11.0. The van der Waals surface area contributed by atoms with E-state index in [-0.39, 0.29) is 34.7 Å². The molecule has 8 nitrogen and oxygen atoms in total. The first-order chi connectivity index (χ1) is 20.1. The molecule has 1 N–H and O–H groups in total. The monoisotopic (exact) mass is 574 g/mol. The van der Waals surface area contributed by atoms with Gasteiger partial charge in [0.15, 0.2) is 0 Å². The number of fused-ring (bicyclic) bond motifs is 6. The summed E-state index contributed by atoms with van der Waals surface area (Å²) in [5.74, 6) is -1.68. The lowest BCUT2D eigenvalue weighted by molar-refractivity contribution is -0.244. The number of aromatic nitrogens is 2. The van der Waals surface area contributed by atoms with Gasteiger partial charge in [-0.05, 0) is 117 Å². The number of rotatable bonds is 3. The molecule has 7 atom stereocenters. The summed E-state index contributed by atoms with van der Waals surface area (Å²) in [5.41, 5.74) is 4.58. The molecule has 42 heavy (non-hydrogen) atoms. The molecular weight excluding hydrogens is 539 g/mol. The highest BCUT2D eigenvalue weighted by Gasteiger charge is 2.63. The number of hydrogen-bond donors (Lipinski definition) is 1. The second kappa shape index (κ2) is 9.66. The molecule has 7 rings (SSSR count). The van der Waals surface area contributed by atoms with Crippen LogP contribution in [0.3, 0.4) is 0 Å². The molecule has 2 aromatic heterocycles. The summed E-state index contributed by atoms with van der Waals surface area (Å²) in [6.07, 6.45) is 7.57. The minimum absolute atomic E-state index is 0.0392. The van der Waals surface area contributed by atoms with E-state index in [0.29, 0.717) is 12.8 Å². The normalized spacial score (nSPS) is 33.1. The van der Waals surface area contributed by atoms with Crippen LogP contribution < -0.4 is 0 Å². The van der Waals surface area contributed by atoms with Crippen molar-refractivity contribution >= 4 is 18.0 Å². The van der Waals surface area contributed by atoms with Crippen LogP contribution in [0, 0.1) is 47.2 Å². The smallest absolute Gasteiger partial charge is 0.421 e. The van der Waals surface area contributed by atoms with Crippen LogP contribution >= 0.6 is 0 Å². The summed E-state index contributed by atoms with van der Waals surface area (Å²) in [6, 6.07) is 9.39. The zero-order valence-corrected chi connectivity index (χ0v) is 24.0. The van der Waals surface area contributed by atoms with Crippen molar-refractivity contribution in [1.82, 2.24) is 9.78 Å². The highest BCUT2D eigenvalue weighted by molar-refractivity contribution is 5.86. The average Bonchev–Trinajstić information content (AvgIpc) is 3.68. The largest absolute Gasteiger partial charge is 0.457 e. The van der Waals surface area contributed by atoms with Gasteiger partial charge in [-0.1, -0.05) is 19.4 Å². The Morgan fingerprint density at radius 3 is 2.64 bits per heavy atom. The second-order valence-electron chi connectivity index (χ2n) is 13.1. The van der Waals surface area contributed by atoms with Crippen LogP contribution in [0.25, 0.3) is 11.8 Å². The zero-order valence-electron chi connectivity index (χ0n) is 24.0. The number of aliphatic hydroxyl groups is 1. The third-order valence-corrected chi connectivity index (χ3v) is 11.0. The fourth-order valence-electron chi connectivity index (χ4n) is 9.16. The van der Waals surface area contributed by atoms with E-state index in [1.165, 1.54) is 30.0 Å². The van der Waals surface area contributed by atoms with Gasteiger partial charge in [0.2, 0.25) is 5.76 Å².